The van der Waals surface area contributed by atoms with Crippen molar-refractivity contribution in [2.45, 2.75) is 29.5 Å². The molecule has 1 saturated heterocycles. The average molecular weight is 429 g/mol. The number of nitrogens with zero attached hydrogens (tertiary/aromatic N) is 3. The molecule has 0 radical (unpaired) electrons. The van der Waals surface area contributed by atoms with Gasteiger partial charge in [0, 0.05) is 24.1 Å². The van der Waals surface area contributed by atoms with Crippen molar-refractivity contribution in [3.05, 3.63) is 47.7 Å². The van der Waals surface area contributed by atoms with Gasteiger partial charge in [-0.1, -0.05) is 17.2 Å². The number of aliphatic hydroxyl groups is 1. The van der Waals surface area contributed by atoms with E-state index in [0.29, 0.717) is 11.3 Å². The first-order chi connectivity index (χ1) is 13.8. The Morgan fingerprint density at radius 2 is 2.03 bits per heavy atom. The van der Waals surface area contributed by atoms with Crippen LogP contribution in [0, 0.1) is 0 Å². The van der Waals surface area contributed by atoms with Gasteiger partial charge in [-0.15, -0.1) is 0 Å². The van der Waals surface area contributed by atoms with Gasteiger partial charge in [-0.05, 0) is 23.8 Å². The summed E-state index contributed by atoms with van der Waals surface area (Å²) >= 11 is -2.05. The van der Waals surface area contributed by atoms with Gasteiger partial charge in [0.15, 0.2) is 6.61 Å². The van der Waals surface area contributed by atoms with Crippen molar-refractivity contribution < 1.29 is 32.4 Å². The molecule has 2 aromatic rings. The number of hydrogen-bond acceptors (Lipinski definition) is 6. The van der Waals surface area contributed by atoms with Crippen molar-refractivity contribution in [2.24, 2.45) is 0 Å². The zero-order chi connectivity index (χ0) is 21.0. The van der Waals surface area contributed by atoms with Gasteiger partial charge in [-0.2, -0.15) is 18.3 Å². The number of alkyl halides is 3. The first kappa shape index (κ1) is 21.3. The predicted octanol–water partition coefficient (Wildman–Crippen LogP) is 1.78. The third-order valence-electron chi connectivity index (χ3n) is 4.45. The lowest BCUT2D eigenvalue weighted by molar-refractivity contribution is -0.140. The van der Waals surface area contributed by atoms with E-state index < -0.39 is 33.2 Å². The Bertz CT molecular complexity index is 851. The number of likely N-dealkylation sites (tertiary alicyclic amines) is 1. The molecule has 0 saturated carbocycles. The third kappa shape index (κ3) is 5.17. The van der Waals surface area contributed by atoms with Crippen LogP contribution in [0.1, 0.15) is 17.5 Å². The highest BCUT2D eigenvalue weighted by Crippen LogP contribution is 2.35. The van der Waals surface area contributed by atoms with E-state index in [1.54, 1.807) is 24.3 Å². The van der Waals surface area contributed by atoms with Gasteiger partial charge in [0.05, 0.1) is 19.3 Å². The van der Waals surface area contributed by atoms with E-state index in [2.05, 4.69) is 10.2 Å². The summed E-state index contributed by atoms with van der Waals surface area (Å²) in [5, 5.41) is 14.6. The lowest BCUT2D eigenvalue weighted by Crippen LogP contribution is -2.35. The van der Waals surface area contributed by atoms with Crippen LogP contribution in [0.15, 0.2) is 41.6 Å². The van der Waals surface area contributed by atoms with Crippen LogP contribution in [-0.2, 0) is 28.8 Å². The average Bonchev–Trinajstić information content (AvgIpc) is 3.21. The van der Waals surface area contributed by atoms with E-state index in [4.69, 9.17) is 9.84 Å². The van der Waals surface area contributed by atoms with E-state index >= 15 is 0 Å². The maximum absolute atomic E-state index is 13.1. The van der Waals surface area contributed by atoms with E-state index in [1.807, 2.05) is 0 Å². The minimum Gasteiger partial charge on any atom is -0.610 e. The summed E-state index contributed by atoms with van der Waals surface area (Å²) in [6.45, 7) is -0.0417. The molecule has 1 N–H and O–H groups in total. The second kappa shape index (κ2) is 8.97. The van der Waals surface area contributed by atoms with Crippen LogP contribution < -0.4 is 4.74 Å². The Kier molecular flexibility index (Phi) is 6.60. The molecule has 1 aromatic carbocycles. The number of carbonyl (C=O) groups excluding carboxylic acids is 1. The number of amides is 1. The van der Waals surface area contributed by atoms with E-state index in [0.717, 1.165) is 12.3 Å². The topological polar surface area (TPSA) is 98.6 Å². The maximum Gasteiger partial charge on any atom is 0.422 e. The maximum atomic E-state index is 13.1. The predicted molar refractivity (Wildman–Crippen MR) is 96.3 cm³/mol. The molecule has 0 aliphatic carbocycles. The van der Waals surface area contributed by atoms with Crippen LogP contribution in [0.5, 0.6) is 5.75 Å². The van der Waals surface area contributed by atoms with Crippen LogP contribution in [-0.4, -0.2) is 55.6 Å². The van der Waals surface area contributed by atoms with E-state index in [-0.39, 0.29) is 38.6 Å². The number of hydrogen-bond donors (Lipinski definition) is 1. The Hall–Kier alpha value is -2.37. The molecular weight excluding hydrogens is 411 g/mol. The van der Waals surface area contributed by atoms with Gasteiger partial charge in [0.1, 0.15) is 16.6 Å². The third-order valence-corrected chi connectivity index (χ3v) is 6.12. The molecule has 7 nitrogen and oxygen atoms in total. The van der Waals surface area contributed by atoms with Gasteiger partial charge >= 0.3 is 6.18 Å². The van der Waals surface area contributed by atoms with Gasteiger partial charge in [0.2, 0.25) is 0 Å². The highest BCUT2D eigenvalue weighted by Gasteiger charge is 2.43. The number of halogens is 3. The number of ether oxygens (including phenoxy) is 1. The summed E-state index contributed by atoms with van der Waals surface area (Å²) in [4.78, 5) is 13.7. The molecule has 1 fully saturated rings. The summed E-state index contributed by atoms with van der Waals surface area (Å²) < 4.78 is 57.4. The van der Waals surface area contributed by atoms with E-state index in [9.17, 15) is 22.5 Å². The van der Waals surface area contributed by atoms with E-state index in [1.165, 1.54) is 4.90 Å². The zero-order valence-corrected chi connectivity index (χ0v) is 15.9. The van der Waals surface area contributed by atoms with Crippen molar-refractivity contribution in [3.63, 3.8) is 0 Å². The fourth-order valence-corrected chi connectivity index (χ4v) is 4.38. The summed E-state index contributed by atoms with van der Waals surface area (Å²) in [5.41, 5.74) is -0.374. The fourth-order valence-electron chi connectivity index (χ4n) is 2.90. The smallest absolute Gasteiger partial charge is 0.422 e. The first-order valence-corrected chi connectivity index (χ1v) is 9.90. The molecule has 1 amide bonds. The Balaban J connectivity index is 1.58. The standard InChI is InChI=1S/C18H18F3N3O4S/c19-18(20,21)15-5-7-22-23-17(15)29(27)14-6-8-24(9-14)16(26)11-28-13-3-1-12(10-25)2-4-13/h1-5,7,14,25H,6,8-11H2. The Labute approximate surface area is 167 Å². The summed E-state index contributed by atoms with van der Waals surface area (Å²) in [7, 11) is 0. The second-order valence-corrected chi connectivity index (χ2v) is 8.03. The first-order valence-electron chi connectivity index (χ1n) is 8.69. The normalized spacial score (nSPS) is 18.0. The summed E-state index contributed by atoms with van der Waals surface area (Å²) in [6, 6.07) is 7.30. The molecule has 3 rings (SSSR count). The second-order valence-electron chi connectivity index (χ2n) is 6.39. The van der Waals surface area contributed by atoms with Crippen LogP contribution in [0.3, 0.4) is 0 Å². The highest BCUT2D eigenvalue weighted by molar-refractivity contribution is 7.92. The molecule has 2 unspecified atom stereocenters. The molecule has 2 atom stereocenters. The molecule has 11 heteroatoms. The molecule has 156 valence electrons. The molecular formula is C18H18F3N3O4S. The molecule has 0 spiro atoms. The van der Waals surface area contributed by atoms with Crippen LogP contribution in [0.4, 0.5) is 13.2 Å². The lowest BCUT2D eigenvalue weighted by Gasteiger charge is -2.20. The monoisotopic (exact) mass is 429 g/mol. The Morgan fingerprint density at radius 3 is 2.69 bits per heavy atom. The highest BCUT2D eigenvalue weighted by atomic mass is 32.2. The number of benzene rings is 1. The largest absolute Gasteiger partial charge is 0.610 e. The number of rotatable bonds is 6. The van der Waals surface area contributed by atoms with Gasteiger partial charge in [-0.25, -0.2) is 0 Å². The van der Waals surface area contributed by atoms with Crippen LogP contribution in [0.25, 0.3) is 0 Å². The molecule has 1 aliphatic rings. The minimum atomic E-state index is -4.69. The van der Waals surface area contributed by atoms with Crippen molar-refractivity contribution >= 4 is 17.1 Å². The van der Waals surface area contributed by atoms with Crippen molar-refractivity contribution in [1.82, 2.24) is 15.1 Å². The zero-order valence-electron chi connectivity index (χ0n) is 15.1. The van der Waals surface area contributed by atoms with Gasteiger partial charge in [-0.3, -0.25) is 4.79 Å². The van der Waals surface area contributed by atoms with Gasteiger partial charge < -0.3 is 19.3 Å². The summed E-state index contributed by atoms with van der Waals surface area (Å²) in [6.07, 6.45) is -3.50. The van der Waals surface area contributed by atoms with Crippen LogP contribution >= 0.6 is 0 Å². The molecule has 29 heavy (non-hydrogen) atoms. The molecule has 2 heterocycles. The van der Waals surface area contributed by atoms with Crippen molar-refractivity contribution in [1.29, 1.82) is 0 Å². The number of carbonyl (C=O) groups is 1. The quantitative estimate of drug-likeness (QED) is 0.703. The Morgan fingerprint density at radius 1 is 1.31 bits per heavy atom. The number of aromatic nitrogens is 2. The number of aliphatic hydroxyl groups excluding tert-OH is 1. The van der Waals surface area contributed by atoms with Crippen molar-refractivity contribution in [2.75, 3.05) is 19.7 Å². The van der Waals surface area contributed by atoms with Crippen molar-refractivity contribution in [3.8, 4) is 5.75 Å². The van der Waals surface area contributed by atoms with Crippen LogP contribution in [0.2, 0.25) is 0 Å². The summed E-state index contributed by atoms with van der Waals surface area (Å²) in [5.74, 6) is 0.0928. The minimum absolute atomic E-state index is 0.0477. The SMILES string of the molecule is O=C(COc1ccc(CO)cc1)N1CCC([S+]([O-])c2nnccc2C(F)(F)F)C1. The lowest BCUT2D eigenvalue weighted by atomic mass is 10.2. The molecule has 1 aromatic heterocycles. The van der Waals surface area contributed by atoms with Gasteiger partial charge in [0.25, 0.3) is 10.9 Å². The molecule has 0 bridgehead atoms. The molecule has 1 aliphatic heterocycles. The fraction of sp³-hybridized carbons (Fsp3) is 0.389.